The number of allylic oxidation sites excluding steroid dienone is 1. The fourth-order valence-electron chi connectivity index (χ4n) is 8.32. The van der Waals surface area contributed by atoms with E-state index in [0.29, 0.717) is 49.3 Å². The molecule has 0 radical (unpaired) electrons. The number of nitrogens with zero attached hydrogens (tertiary/aromatic N) is 2. The topological polar surface area (TPSA) is 193 Å². The first kappa shape index (κ1) is 39.8. The van der Waals surface area contributed by atoms with Crippen molar-refractivity contribution in [2.75, 3.05) is 13.7 Å². The summed E-state index contributed by atoms with van der Waals surface area (Å²) in [5.41, 5.74) is -0.0598. The molecule has 0 spiro atoms. The van der Waals surface area contributed by atoms with E-state index in [1.807, 2.05) is 36.4 Å². The highest BCUT2D eigenvalue weighted by Crippen LogP contribution is 2.48. The van der Waals surface area contributed by atoms with Crippen LogP contribution in [0.2, 0.25) is 0 Å². The summed E-state index contributed by atoms with van der Waals surface area (Å²) in [6.45, 7) is 1.55. The number of carbonyl (C=O) groups is 4. The van der Waals surface area contributed by atoms with Gasteiger partial charge in [0.05, 0.1) is 29.5 Å². The fraction of sp³-hybridized carbons (Fsp3) is 0.634. The quantitative estimate of drug-likeness (QED) is 0.156. The van der Waals surface area contributed by atoms with E-state index in [0.717, 1.165) is 49.0 Å². The van der Waals surface area contributed by atoms with Gasteiger partial charge in [-0.15, -0.1) is 0 Å². The molecule has 4 fully saturated rings. The molecule has 4 amide bonds. The number of amides is 4. The molecule has 3 saturated carbocycles. The number of aromatic nitrogens is 1. The number of hydrogen-bond acceptors (Lipinski definition) is 9. The normalized spacial score (nSPS) is 28.1. The first-order valence-electron chi connectivity index (χ1n) is 20.3. The Morgan fingerprint density at radius 1 is 1.07 bits per heavy atom. The molecule has 4 N–H and O–H groups in total. The lowest BCUT2D eigenvalue weighted by Gasteiger charge is -2.29. The largest absolute Gasteiger partial charge is 0.496 e. The van der Waals surface area contributed by atoms with Crippen molar-refractivity contribution >= 4 is 44.7 Å². The molecule has 2 aromatic rings. The molecule has 3 heterocycles. The Balaban J connectivity index is 1.18. The number of unbranched alkanes of at least 4 members (excludes halogenated alkanes) is 2. The molecule has 3 aliphatic carbocycles. The smallest absolute Gasteiger partial charge is 0.405 e. The molecule has 1 saturated heterocycles. The number of pyridine rings is 1. The molecular weight excluding hydrogens is 739 g/mol. The van der Waals surface area contributed by atoms with Gasteiger partial charge in [-0.1, -0.05) is 69.2 Å². The molecule has 2 aliphatic heterocycles. The molecule has 0 unspecified atom stereocenters. The van der Waals surface area contributed by atoms with Gasteiger partial charge in [-0.05, 0) is 76.3 Å². The highest BCUT2D eigenvalue weighted by Gasteiger charge is 2.63. The van der Waals surface area contributed by atoms with E-state index in [-0.39, 0.29) is 25.8 Å². The van der Waals surface area contributed by atoms with Crippen molar-refractivity contribution in [3.63, 3.8) is 0 Å². The third kappa shape index (κ3) is 8.62. The van der Waals surface area contributed by atoms with Crippen LogP contribution in [0.4, 0.5) is 4.79 Å². The van der Waals surface area contributed by atoms with Crippen LogP contribution in [0.1, 0.15) is 109 Å². The molecule has 0 bridgehead atoms. The summed E-state index contributed by atoms with van der Waals surface area (Å²) in [4.78, 5) is 60.8. The van der Waals surface area contributed by atoms with Crippen molar-refractivity contribution < 1.29 is 42.2 Å². The van der Waals surface area contributed by atoms with E-state index in [2.05, 4.69) is 15.4 Å². The maximum atomic E-state index is 14.4. The Bertz CT molecular complexity index is 1980. The summed E-state index contributed by atoms with van der Waals surface area (Å²) in [6.07, 6.45) is 13.4. The van der Waals surface area contributed by atoms with Gasteiger partial charge in [0, 0.05) is 17.7 Å². The molecule has 7 rings (SSSR count). The maximum absolute atomic E-state index is 14.4. The second-order valence-corrected chi connectivity index (χ2v) is 18.9. The van der Waals surface area contributed by atoms with Gasteiger partial charge in [0.2, 0.25) is 27.7 Å². The zero-order valence-electron chi connectivity index (χ0n) is 32.4. The maximum Gasteiger partial charge on any atom is 0.405 e. The molecule has 15 heteroatoms. The minimum Gasteiger partial charge on any atom is -0.496 e. The van der Waals surface area contributed by atoms with Crippen LogP contribution in [-0.2, 0) is 30.8 Å². The van der Waals surface area contributed by atoms with E-state index in [4.69, 9.17) is 14.5 Å². The van der Waals surface area contributed by atoms with E-state index >= 15 is 0 Å². The minimum atomic E-state index is -4.00. The zero-order chi connectivity index (χ0) is 39.7. The molecule has 304 valence electrons. The Morgan fingerprint density at radius 2 is 1.86 bits per heavy atom. The van der Waals surface area contributed by atoms with Crippen LogP contribution in [0, 0.1) is 11.8 Å². The Morgan fingerprint density at radius 3 is 2.59 bits per heavy atom. The van der Waals surface area contributed by atoms with Crippen molar-refractivity contribution in [2.45, 2.75) is 138 Å². The average molecular weight is 794 g/mol. The van der Waals surface area contributed by atoms with E-state index in [1.165, 1.54) is 24.2 Å². The van der Waals surface area contributed by atoms with E-state index < -0.39 is 68.2 Å². The van der Waals surface area contributed by atoms with Crippen molar-refractivity contribution in [3.05, 3.63) is 42.0 Å². The summed E-state index contributed by atoms with van der Waals surface area (Å²) in [5.74, 6) is -0.588. The van der Waals surface area contributed by atoms with Gasteiger partial charge in [-0.2, -0.15) is 0 Å². The summed E-state index contributed by atoms with van der Waals surface area (Å²) < 4.78 is 40.2. The number of para-hydroxylation sites is 1. The van der Waals surface area contributed by atoms with Crippen LogP contribution in [0.5, 0.6) is 11.6 Å². The summed E-state index contributed by atoms with van der Waals surface area (Å²) in [7, 11) is -2.38. The number of nitrogens with one attached hydrogen (secondary N) is 3. The van der Waals surface area contributed by atoms with Gasteiger partial charge < -0.3 is 30.1 Å². The molecule has 1 aromatic carbocycles. The predicted octanol–water partition coefficient (Wildman–Crippen LogP) is 5.13. The number of sulfonamides is 1. The average Bonchev–Trinajstić information content (AvgIpc) is 4.11. The van der Waals surface area contributed by atoms with Crippen molar-refractivity contribution in [2.24, 2.45) is 11.8 Å². The second kappa shape index (κ2) is 16.2. The Labute approximate surface area is 328 Å². The molecule has 1 aromatic heterocycles. The highest BCUT2D eigenvalue weighted by atomic mass is 32.2. The molecule has 14 nitrogen and oxygen atoms in total. The Kier molecular flexibility index (Phi) is 11.5. The summed E-state index contributed by atoms with van der Waals surface area (Å²) >= 11 is 0. The number of fused-ring (bicyclic) bond motifs is 3. The van der Waals surface area contributed by atoms with E-state index in [1.54, 1.807) is 14.0 Å². The van der Waals surface area contributed by atoms with Crippen molar-refractivity contribution in [1.82, 2.24) is 25.2 Å². The van der Waals surface area contributed by atoms with Gasteiger partial charge in [0.1, 0.15) is 29.5 Å². The lowest BCUT2D eigenvalue weighted by Crippen LogP contribution is -2.58. The van der Waals surface area contributed by atoms with Crippen molar-refractivity contribution in [1.29, 1.82) is 0 Å². The number of carbonyl (C=O) groups excluding carboxylic acids is 3. The number of carboxylic acid groups (broad SMARTS) is 1. The lowest BCUT2D eigenvalue weighted by molar-refractivity contribution is -0.141. The fourth-order valence-corrected chi connectivity index (χ4v) is 9.63. The Hall–Kier alpha value is -4.40. The van der Waals surface area contributed by atoms with Crippen LogP contribution in [0.3, 0.4) is 0 Å². The first-order valence-corrected chi connectivity index (χ1v) is 21.8. The van der Waals surface area contributed by atoms with Gasteiger partial charge in [-0.3, -0.25) is 19.1 Å². The standard InChI is InChI=1S/C41H55N5O9S/c1-40(21-22-40)56(52,53)45-38(49)41-24-27(41)14-8-4-3-5-10-18-32(43-39(50)51)37(48)46-25-28(23-33(46)35(47)44-41)55-36-30(16-9-6-7-13-26-19-20-26)34(54-2)29-15-11-12-17-31(29)42-36/h8,11-12,14-15,17,26-28,32-33,43H,3-7,9-10,13,16,18-25H2,1-2H3,(H,44,47)(H,45,49)(H,50,51)/b14-8-/t27-,28-,32+,33+,41-/m1/s1. The highest BCUT2D eigenvalue weighted by molar-refractivity contribution is 7.91. The number of ether oxygens (including phenoxy) is 2. The third-order valence-corrected chi connectivity index (χ3v) is 14.6. The van der Waals surface area contributed by atoms with Crippen LogP contribution >= 0.6 is 0 Å². The van der Waals surface area contributed by atoms with Crippen LogP contribution in [-0.4, -0.2) is 89.4 Å². The minimum absolute atomic E-state index is 0.0313. The van der Waals surface area contributed by atoms with Crippen LogP contribution in [0.25, 0.3) is 10.9 Å². The molecule has 5 aliphatic rings. The molecular formula is C41H55N5O9S. The molecule has 5 atom stereocenters. The third-order valence-electron chi connectivity index (χ3n) is 12.4. The van der Waals surface area contributed by atoms with Crippen molar-refractivity contribution in [3.8, 4) is 11.6 Å². The number of methoxy groups -OCH3 is 1. The molecule has 56 heavy (non-hydrogen) atoms. The monoisotopic (exact) mass is 793 g/mol. The number of rotatable bonds is 13. The van der Waals surface area contributed by atoms with E-state index in [9.17, 15) is 32.7 Å². The predicted molar refractivity (Wildman–Crippen MR) is 209 cm³/mol. The number of benzene rings is 1. The van der Waals surface area contributed by atoms with Gasteiger partial charge in [0.15, 0.2) is 0 Å². The first-order chi connectivity index (χ1) is 26.8. The number of hydrogen-bond donors (Lipinski definition) is 4. The zero-order valence-corrected chi connectivity index (χ0v) is 33.2. The lowest BCUT2D eigenvalue weighted by atomic mass is 10.0. The van der Waals surface area contributed by atoms with Gasteiger partial charge >= 0.3 is 6.09 Å². The summed E-state index contributed by atoms with van der Waals surface area (Å²) in [5, 5.41) is 15.8. The van der Waals surface area contributed by atoms with Crippen LogP contribution < -0.4 is 24.8 Å². The SMILES string of the molecule is COc1c(CCCCCC2CC2)c(O[C@@H]2C[C@H]3C(=O)N[C@]4(C(=O)NS(=O)(=O)C5(C)CC5)C[C@H]4/C=C\CCCCC[C@H](NC(=O)O)C(=O)N3C2)nc2ccccc12. The summed E-state index contributed by atoms with van der Waals surface area (Å²) in [6, 6.07) is 5.38. The van der Waals surface area contributed by atoms with Crippen LogP contribution in [0.15, 0.2) is 36.4 Å². The van der Waals surface area contributed by atoms with Gasteiger partial charge in [0.25, 0.3) is 5.91 Å². The second-order valence-electron chi connectivity index (χ2n) is 16.7. The van der Waals surface area contributed by atoms with Gasteiger partial charge in [-0.25, -0.2) is 18.2 Å².